The Morgan fingerprint density at radius 3 is 1.86 bits per heavy atom. The second kappa shape index (κ2) is 7.14. The zero-order valence-electron chi connectivity index (χ0n) is 13.4. The third-order valence-corrected chi connectivity index (χ3v) is 1.86. The van der Waals surface area contributed by atoms with Crippen LogP contribution in [0.4, 0.5) is 9.59 Å². The van der Waals surface area contributed by atoms with Crippen molar-refractivity contribution >= 4 is 18.1 Å². The minimum Gasteiger partial charge on any atom is -0.458 e. The summed E-state index contributed by atoms with van der Waals surface area (Å²) in [5.41, 5.74) is 3.52. The molecule has 0 aromatic heterocycles. The van der Waals surface area contributed by atoms with Crippen LogP contribution in [0.3, 0.4) is 0 Å². The minimum absolute atomic E-state index is 0.191. The molecule has 0 aromatic rings. The Kier molecular flexibility index (Phi) is 6.47. The highest BCUT2D eigenvalue weighted by molar-refractivity contribution is 5.83. The number of esters is 1. The highest BCUT2D eigenvalue weighted by Crippen LogP contribution is 2.10. The van der Waals surface area contributed by atoms with Gasteiger partial charge in [-0.3, -0.25) is 0 Å². The van der Waals surface area contributed by atoms with Crippen LogP contribution in [0.5, 0.6) is 0 Å². The number of rotatable bonds is 4. The first kappa shape index (κ1) is 19.0. The Morgan fingerprint density at radius 2 is 1.48 bits per heavy atom. The van der Waals surface area contributed by atoms with Gasteiger partial charge in [-0.2, -0.15) is 0 Å². The van der Waals surface area contributed by atoms with Gasteiger partial charge >= 0.3 is 18.1 Å². The molecule has 122 valence electrons. The largest absolute Gasteiger partial charge is 0.458 e. The standard InChI is InChI=1S/C13H25N3O5/c1-12(2,3)20-9(17)8(7-15-10(14)18)16-11(19)21-13(4,5)6/h8H,7H2,1-6H3,(H,16,19)(H3,14,15,18)/t8-/m0/s1. The number of primary amides is 1. The molecule has 0 radical (unpaired) electrons. The van der Waals surface area contributed by atoms with E-state index in [0.29, 0.717) is 0 Å². The number of carbonyl (C=O) groups is 3. The smallest absolute Gasteiger partial charge is 0.408 e. The molecular formula is C13H25N3O5. The number of hydrogen-bond acceptors (Lipinski definition) is 5. The summed E-state index contributed by atoms with van der Waals surface area (Å²) in [5.74, 6) is -0.692. The van der Waals surface area contributed by atoms with Gasteiger partial charge in [0.25, 0.3) is 0 Å². The molecule has 0 fully saturated rings. The summed E-state index contributed by atoms with van der Waals surface area (Å²) < 4.78 is 10.2. The number of nitrogens with one attached hydrogen (secondary N) is 2. The summed E-state index contributed by atoms with van der Waals surface area (Å²) in [5, 5.41) is 4.59. The van der Waals surface area contributed by atoms with Gasteiger partial charge in [0.1, 0.15) is 17.2 Å². The van der Waals surface area contributed by atoms with Gasteiger partial charge in [-0.05, 0) is 41.5 Å². The van der Waals surface area contributed by atoms with Gasteiger partial charge in [-0.15, -0.1) is 0 Å². The van der Waals surface area contributed by atoms with Crippen molar-refractivity contribution in [3.8, 4) is 0 Å². The number of alkyl carbamates (subject to hydrolysis) is 1. The third kappa shape index (κ3) is 10.5. The zero-order chi connectivity index (χ0) is 16.8. The normalized spacial score (nSPS) is 13.0. The molecule has 0 aliphatic carbocycles. The Labute approximate surface area is 124 Å². The number of nitrogens with two attached hydrogens (primary N) is 1. The number of ether oxygens (including phenoxy) is 2. The van der Waals surface area contributed by atoms with Gasteiger partial charge in [0.15, 0.2) is 0 Å². The fourth-order valence-corrected chi connectivity index (χ4v) is 1.22. The lowest BCUT2D eigenvalue weighted by Crippen LogP contribution is -2.52. The predicted octanol–water partition coefficient (Wildman–Crippen LogP) is 0.890. The van der Waals surface area contributed by atoms with Crippen LogP contribution in [-0.2, 0) is 14.3 Å². The number of carbonyl (C=O) groups excluding carboxylic acids is 3. The van der Waals surface area contributed by atoms with E-state index in [1.165, 1.54) is 0 Å². The van der Waals surface area contributed by atoms with E-state index in [-0.39, 0.29) is 6.54 Å². The number of urea groups is 1. The Balaban J connectivity index is 4.77. The second-order valence-corrected chi connectivity index (χ2v) is 6.48. The van der Waals surface area contributed by atoms with Gasteiger partial charge in [-0.1, -0.05) is 0 Å². The predicted molar refractivity (Wildman–Crippen MR) is 76.6 cm³/mol. The molecule has 0 aromatic carbocycles. The van der Waals surface area contributed by atoms with Gasteiger partial charge < -0.3 is 25.8 Å². The van der Waals surface area contributed by atoms with E-state index in [0.717, 1.165) is 0 Å². The van der Waals surface area contributed by atoms with Crippen LogP contribution in [0.15, 0.2) is 0 Å². The van der Waals surface area contributed by atoms with E-state index >= 15 is 0 Å². The molecule has 8 heteroatoms. The van der Waals surface area contributed by atoms with Crippen molar-refractivity contribution in [3.63, 3.8) is 0 Å². The molecule has 3 amide bonds. The van der Waals surface area contributed by atoms with E-state index in [2.05, 4.69) is 10.6 Å². The first-order valence-electron chi connectivity index (χ1n) is 6.56. The first-order chi connectivity index (χ1) is 9.30. The van der Waals surface area contributed by atoms with Crippen LogP contribution in [0.25, 0.3) is 0 Å². The summed E-state index contributed by atoms with van der Waals surface area (Å²) in [6, 6.07) is -1.90. The van der Waals surface area contributed by atoms with Gasteiger partial charge in [0.05, 0.1) is 6.54 Å². The van der Waals surface area contributed by atoms with Crippen molar-refractivity contribution in [2.75, 3.05) is 6.54 Å². The van der Waals surface area contributed by atoms with Crippen molar-refractivity contribution < 1.29 is 23.9 Å². The number of hydrogen-bond donors (Lipinski definition) is 3. The van der Waals surface area contributed by atoms with Crippen LogP contribution in [0.2, 0.25) is 0 Å². The van der Waals surface area contributed by atoms with Crippen molar-refractivity contribution in [2.24, 2.45) is 5.73 Å². The molecule has 0 bridgehead atoms. The van der Waals surface area contributed by atoms with Gasteiger partial charge in [0, 0.05) is 0 Å². The van der Waals surface area contributed by atoms with E-state index in [4.69, 9.17) is 15.2 Å². The lowest BCUT2D eigenvalue weighted by Gasteiger charge is -2.26. The summed E-state index contributed by atoms with van der Waals surface area (Å²) >= 11 is 0. The summed E-state index contributed by atoms with van der Waals surface area (Å²) in [7, 11) is 0. The Morgan fingerprint density at radius 1 is 1.00 bits per heavy atom. The zero-order valence-corrected chi connectivity index (χ0v) is 13.4. The maximum Gasteiger partial charge on any atom is 0.408 e. The molecule has 4 N–H and O–H groups in total. The fourth-order valence-electron chi connectivity index (χ4n) is 1.22. The molecule has 8 nitrogen and oxygen atoms in total. The molecule has 0 rings (SSSR count). The lowest BCUT2D eigenvalue weighted by atomic mass is 10.2. The number of amides is 3. The second-order valence-electron chi connectivity index (χ2n) is 6.48. The van der Waals surface area contributed by atoms with Crippen LogP contribution >= 0.6 is 0 Å². The molecular weight excluding hydrogens is 278 g/mol. The average Bonchev–Trinajstić information content (AvgIpc) is 2.18. The minimum atomic E-state index is -1.09. The monoisotopic (exact) mass is 303 g/mol. The summed E-state index contributed by atoms with van der Waals surface area (Å²) in [4.78, 5) is 34.4. The third-order valence-electron chi connectivity index (χ3n) is 1.86. The lowest BCUT2D eigenvalue weighted by molar-refractivity contribution is -0.157. The topological polar surface area (TPSA) is 120 Å². The van der Waals surface area contributed by atoms with E-state index in [9.17, 15) is 14.4 Å². The SMILES string of the molecule is CC(C)(C)OC(=O)N[C@@H](CNC(N)=O)C(=O)OC(C)(C)C. The highest BCUT2D eigenvalue weighted by atomic mass is 16.6. The molecule has 0 unspecified atom stereocenters. The Hall–Kier alpha value is -1.99. The van der Waals surface area contributed by atoms with Crippen molar-refractivity contribution in [1.82, 2.24) is 10.6 Å². The van der Waals surface area contributed by atoms with E-state index < -0.39 is 35.3 Å². The van der Waals surface area contributed by atoms with E-state index in [1.54, 1.807) is 41.5 Å². The van der Waals surface area contributed by atoms with Gasteiger partial charge in [-0.25, -0.2) is 14.4 Å². The van der Waals surface area contributed by atoms with Crippen LogP contribution < -0.4 is 16.4 Å². The van der Waals surface area contributed by atoms with Crippen molar-refractivity contribution in [2.45, 2.75) is 58.8 Å². The molecule has 1 atom stereocenters. The van der Waals surface area contributed by atoms with E-state index in [1.807, 2.05) is 0 Å². The van der Waals surface area contributed by atoms with Crippen LogP contribution in [0.1, 0.15) is 41.5 Å². The molecule has 0 saturated carbocycles. The maximum absolute atomic E-state index is 12.0. The molecule has 0 spiro atoms. The van der Waals surface area contributed by atoms with Crippen LogP contribution in [-0.4, -0.2) is 41.9 Å². The molecule has 0 heterocycles. The summed E-state index contributed by atoms with van der Waals surface area (Å²) in [6.07, 6.45) is -0.787. The Bertz CT molecular complexity index is 396. The van der Waals surface area contributed by atoms with Crippen LogP contribution in [0, 0.1) is 0 Å². The van der Waals surface area contributed by atoms with Crippen molar-refractivity contribution in [1.29, 1.82) is 0 Å². The first-order valence-corrected chi connectivity index (χ1v) is 6.56. The van der Waals surface area contributed by atoms with Crippen molar-refractivity contribution in [3.05, 3.63) is 0 Å². The summed E-state index contributed by atoms with van der Waals surface area (Å²) in [6.45, 7) is 9.96. The highest BCUT2D eigenvalue weighted by Gasteiger charge is 2.28. The fraction of sp³-hybridized carbons (Fsp3) is 0.769. The maximum atomic E-state index is 12.0. The molecule has 0 aliphatic rings. The molecule has 0 saturated heterocycles. The van der Waals surface area contributed by atoms with Gasteiger partial charge in [0.2, 0.25) is 0 Å². The average molecular weight is 303 g/mol. The molecule has 21 heavy (non-hydrogen) atoms. The quantitative estimate of drug-likeness (QED) is 0.666. The molecule has 0 aliphatic heterocycles.